The molecule has 32 heavy (non-hydrogen) atoms. The molecular formula is C20H18ClF3N6OS. The van der Waals surface area contributed by atoms with Crippen LogP contribution in [0.3, 0.4) is 0 Å². The van der Waals surface area contributed by atoms with Gasteiger partial charge in [-0.3, -0.25) is 9.48 Å². The van der Waals surface area contributed by atoms with Gasteiger partial charge in [0.05, 0.1) is 16.3 Å². The lowest BCUT2D eigenvalue weighted by Crippen LogP contribution is -2.26. The minimum Gasteiger partial charge on any atom is -0.351 e. The van der Waals surface area contributed by atoms with Gasteiger partial charge in [-0.25, -0.2) is 9.50 Å². The number of halogens is 4. The summed E-state index contributed by atoms with van der Waals surface area (Å²) in [6.45, 7) is 4.69. The van der Waals surface area contributed by atoms with Crippen LogP contribution >= 0.6 is 22.9 Å². The second-order valence-electron chi connectivity index (χ2n) is 7.16. The highest BCUT2D eigenvalue weighted by Crippen LogP contribution is 2.35. The van der Waals surface area contributed by atoms with Gasteiger partial charge in [-0.05, 0) is 43.8 Å². The van der Waals surface area contributed by atoms with Crippen LogP contribution in [0.2, 0.25) is 5.02 Å². The lowest BCUT2D eigenvalue weighted by molar-refractivity contribution is -0.142. The number of carbonyl (C=O) groups is 1. The van der Waals surface area contributed by atoms with Gasteiger partial charge in [0.15, 0.2) is 17.0 Å². The van der Waals surface area contributed by atoms with E-state index >= 15 is 0 Å². The van der Waals surface area contributed by atoms with E-state index in [1.54, 1.807) is 17.5 Å². The summed E-state index contributed by atoms with van der Waals surface area (Å²) in [6.07, 6.45) is -4.14. The molecule has 1 N–H and O–H groups in total. The Labute approximate surface area is 189 Å². The highest BCUT2D eigenvalue weighted by atomic mass is 35.5. The van der Waals surface area contributed by atoms with Crippen LogP contribution < -0.4 is 5.32 Å². The summed E-state index contributed by atoms with van der Waals surface area (Å²) in [6, 6.07) is 6.22. The molecule has 0 bridgehead atoms. The summed E-state index contributed by atoms with van der Waals surface area (Å²) in [4.78, 5) is 17.4. The molecule has 7 nitrogen and oxygen atoms in total. The van der Waals surface area contributed by atoms with Crippen LogP contribution in [0.5, 0.6) is 0 Å². The zero-order valence-electron chi connectivity index (χ0n) is 17.1. The second kappa shape index (κ2) is 8.55. The van der Waals surface area contributed by atoms with Crippen molar-refractivity contribution in [3.63, 3.8) is 0 Å². The summed E-state index contributed by atoms with van der Waals surface area (Å²) < 4.78 is 43.5. The number of nitrogens with one attached hydrogen (secondary N) is 1. The van der Waals surface area contributed by atoms with Crippen LogP contribution in [0.1, 0.15) is 34.0 Å². The van der Waals surface area contributed by atoms with Crippen molar-refractivity contribution >= 4 is 34.5 Å². The lowest BCUT2D eigenvalue weighted by atomic mass is 10.2. The Balaban J connectivity index is 1.58. The third kappa shape index (κ3) is 4.35. The highest BCUT2D eigenvalue weighted by molar-refractivity contribution is 7.13. The lowest BCUT2D eigenvalue weighted by Gasteiger charge is -2.10. The summed E-state index contributed by atoms with van der Waals surface area (Å²) in [7, 11) is 0. The monoisotopic (exact) mass is 482 g/mol. The van der Waals surface area contributed by atoms with Crippen molar-refractivity contribution in [1.82, 2.24) is 29.7 Å². The molecule has 4 aromatic rings. The van der Waals surface area contributed by atoms with Crippen molar-refractivity contribution in [2.24, 2.45) is 0 Å². The maximum absolute atomic E-state index is 13.7. The molecule has 0 aliphatic rings. The maximum Gasteiger partial charge on any atom is 0.433 e. The Kier molecular flexibility index (Phi) is 5.95. The number of hydrogen-bond donors (Lipinski definition) is 1. The third-order valence-electron chi connectivity index (χ3n) is 4.75. The molecule has 0 saturated heterocycles. The molecule has 0 aliphatic heterocycles. The second-order valence-corrected chi connectivity index (χ2v) is 8.49. The fourth-order valence-electron chi connectivity index (χ4n) is 3.30. The molecule has 0 aromatic carbocycles. The number of thiophene rings is 1. The fraction of sp³-hybridized carbons (Fsp3) is 0.300. The van der Waals surface area contributed by atoms with E-state index in [1.807, 2.05) is 24.6 Å². The Hall–Kier alpha value is -2.92. The zero-order chi connectivity index (χ0) is 23.0. The Morgan fingerprint density at radius 3 is 2.66 bits per heavy atom. The normalized spacial score (nSPS) is 11.9. The molecule has 168 valence electrons. The molecule has 4 aromatic heterocycles. The van der Waals surface area contributed by atoms with Crippen LogP contribution in [0.15, 0.2) is 29.6 Å². The number of aryl methyl sites for hydroxylation is 3. The molecule has 1 amide bonds. The maximum atomic E-state index is 13.7. The SMILES string of the molecule is Cc1cc(C)n(CCCNC(=O)c2nn3c(C(F)(F)F)cc(-c4cccs4)nc3c2Cl)n1. The van der Waals surface area contributed by atoms with Crippen LogP contribution in [-0.4, -0.2) is 36.8 Å². The van der Waals surface area contributed by atoms with Crippen molar-refractivity contribution in [3.8, 4) is 10.6 Å². The first kappa shape index (κ1) is 22.3. The zero-order valence-corrected chi connectivity index (χ0v) is 18.6. The molecule has 4 heterocycles. The molecule has 12 heteroatoms. The van der Waals surface area contributed by atoms with Gasteiger partial charge in [0.2, 0.25) is 0 Å². The highest BCUT2D eigenvalue weighted by Gasteiger charge is 2.36. The number of amides is 1. The van der Waals surface area contributed by atoms with Gasteiger partial charge in [-0.15, -0.1) is 11.3 Å². The first-order chi connectivity index (χ1) is 15.1. The van der Waals surface area contributed by atoms with E-state index in [9.17, 15) is 18.0 Å². The van der Waals surface area contributed by atoms with Crippen molar-refractivity contribution in [1.29, 1.82) is 0 Å². The van der Waals surface area contributed by atoms with E-state index in [1.165, 1.54) is 11.3 Å². The van der Waals surface area contributed by atoms with Crippen molar-refractivity contribution in [2.45, 2.75) is 33.0 Å². The van der Waals surface area contributed by atoms with Gasteiger partial charge < -0.3 is 5.32 Å². The van der Waals surface area contributed by atoms with Gasteiger partial charge in [-0.1, -0.05) is 17.7 Å². The van der Waals surface area contributed by atoms with E-state index in [0.717, 1.165) is 17.5 Å². The molecule has 0 spiro atoms. The largest absolute Gasteiger partial charge is 0.433 e. The number of aromatic nitrogens is 5. The van der Waals surface area contributed by atoms with Gasteiger partial charge in [0.25, 0.3) is 5.91 Å². The summed E-state index contributed by atoms with van der Waals surface area (Å²) >= 11 is 7.50. The van der Waals surface area contributed by atoms with Crippen molar-refractivity contribution < 1.29 is 18.0 Å². The first-order valence-electron chi connectivity index (χ1n) is 9.64. The van der Waals surface area contributed by atoms with Crippen LogP contribution in [0.25, 0.3) is 16.2 Å². The minimum atomic E-state index is -4.71. The van der Waals surface area contributed by atoms with Gasteiger partial charge in [0.1, 0.15) is 5.02 Å². The van der Waals surface area contributed by atoms with E-state index in [2.05, 4.69) is 20.5 Å². The molecule has 0 aliphatic carbocycles. The third-order valence-corrected chi connectivity index (χ3v) is 5.99. The summed E-state index contributed by atoms with van der Waals surface area (Å²) in [5.41, 5.74) is 0.425. The number of fused-ring (bicyclic) bond motifs is 1. The number of hydrogen-bond acceptors (Lipinski definition) is 5. The van der Waals surface area contributed by atoms with E-state index < -0.39 is 17.8 Å². The van der Waals surface area contributed by atoms with Crippen molar-refractivity contribution in [3.05, 3.63) is 57.4 Å². The fourth-order valence-corrected chi connectivity index (χ4v) is 4.24. The van der Waals surface area contributed by atoms with Gasteiger partial charge in [0, 0.05) is 18.8 Å². The average molecular weight is 483 g/mol. The standard InChI is InChI=1S/C20H18ClF3N6OS/c1-11-9-12(2)29(27-11)7-4-6-25-19(31)17-16(21)18-26-13(14-5-3-8-32-14)10-15(20(22,23)24)30(18)28-17/h3,5,8-10H,4,6-7H2,1-2H3,(H,25,31). The smallest absolute Gasteiger partial charge is 0.351 e. The van der Waals surface area contributed by atoms with Crippen LogP contribution in [-0.2, 0) is 12.7 Å². The molecule has 0 radical (unpaired) electrons. The van der Waals surface area contributed by atoms with Crippen LogP contribution in [0.4, 0.5) is 13.2 Å². The minimum absolute atomic E-state index is 0.110. The number of rotatable bonds is 6. The van der Waals surface area contributed by atoms with E-state index in [4.69, 9.17) is 11.6 Å². The summed E-state index contributed by atoms with van der Waals surface area (Å²) in [5, 5.41) is 12.3. The Morgan fingerprint density at radius 1 is 1.25 bits per heavy atom. The number of carbonyl (C=O) groups excluding carboxylic acids is 1. The molecular weight excluding hydrogens is 465 g/mol. The molecule has 0 atom stereocenters. The Morgan fingerprint density at radius 2 is 2.03 bits per heavy atom. The van der Waals surface area contributed by atoms with E-state index in [0.29, 0.717) is 22.4 Å². The average Bonchev–Trinajstić information content (AvgIpc) is 3.44. The molecule has 0 fully saturated rings. The number of nitrogens with zero attached hydrogens (tertiary/aromatic N) is 5. The topological polar surface area (TPSA) is 77.1 Å². The van der Waals surface area contributed by atoms with Crippen molar-refractivity contribution in [2.75, 3.05) is 6.54 Å². The van der Waals surface area contributed by atoms with Gasteiger partial charge in [-0.2, -0.15) is 23.4 Å². The predicted molar refractivity (Wildman–Crippen MR) is 115 cm³/mol. The quantitative estimate of drug-likeness (QED) is 0.402. The van der Waals surface area contributed by atoms with Crippen LogP contribution in [0, 0.1) is 13.8 Å². The number of alkyl halides is 3. The Bertz CT molecular complexity index is 1280. The van der Waals surface area contributed by atoms with Gasteiger partial charge >= 0.3 is 6.18 Å². The summed E-state index contributed by atoms with van der Waals surface area (Å²) in [5.74, 6) is -0.667. The molecule has 4 rings (SSSR count). The van der Waals surface area contributed by atoms with E-state index in [-0.39, 0.29) is 28.6 Å². The molecule has 0 saturated carbocycles. The first-order valence-corrected chi connectivity index (χ1v) is 10.9. The molecule has 0 unspecified atom stereocenters. The predicted octanol–water partition coefficient (Wildman–Crippen LogP) is 4.76.